The number of benzene rings is 1. The van der Waals surface area contributed by atoms with Crippen LogP contribution in [0.4, 0.5) is 5.69 Å². The first-order valence-corrected chi connectivity index (χ1v) is 7.76. The van der Waals surface area contributed by atoms with Gasteiger partial charge in [-0.3, -0.25) is 0 Å². The lowest BCUT2D eigenvalue weighted by molar-refractivity contribution is 0.0529. The van der Waals surface area contributed by atoms with E-state index in [9.17, 15) is 13.2 Å². The van der Waals surface area contributed by atoms with Gasteiger partial charge in [-0.25, -0.2) is 13.2 Å². The molecule has 1 aromatic rings. The van der Waals surface area contributed by atoms with E-state index in [0.29, 0.717) is 18.0 Å². The second-order valence-electron chi connectivity index (χ2n) is 3.95. The van der Waals surface area contributed by atoms with E-state index >= 15 is 0 Å². The molecule has 0 saturated heterocycles. The van der Waals surface area contributed by atoms with E-state index in [0.717, 1.165) is 6.26 Å². The van der Waals surface area contributed by atoms with Crippen LogP contribution < -0.4 is 10.5 Å². The average molecular weight is 287 g/mol. The van der Waals surface area contributed by atoms with E-state index in [1.54, 1.807) is 6.07 Å². The molecule has 1 rings (SSSR count). The number of ether oxygens (including phenoxy) is 2. The molecule has 0 aliphatic rings. The van der Waals surface area contributed by atoms with Crippen molar-refractivity contribution in [3.63, 3.8) is 0 Å². The SMILES string of the molecule is CCOc1ccc(C(=O)OCCS(C)(=O)=O)cc1N. The number of rotatable bonds is 6. The predicted octanol–water partition coefficient (Wildman–Crippen LogP) is 0.869. The summed E-state index contributed by atoms with van der Waals surface area (Å²) in [6.07, 6.45) is 1.08. The number of esters is 1. The maximum Gasteiger partial charge on any atom is 0.338 e. The molecule has 0 unspecified atom stereocenters. The maximum absolute atomic E-state index is 11.6. The Hall–Kier alpha value is -1.76. The first-order chi connectivity index (χ1) is 8.83. The highest BCUT2D eigenvalue weighted by molar-refractivity contribution is 7.90. The van der Waals surface area contributed by atoms with Crippen LogP contribution in [0.15, 0.2) is 18.2 Å². The van der Waals surface area contributed by atoms with Gasteiger partial charge in [-0.15, -0.1) is 0 Å². The molecule has 0 saturated carbocycles. The fraction of sp³-hybridized carbons (Fsp3) is 0.417. The minimum Gasteiger partial charge on any atom is -0.492 e. The molecule has 7 heteroatoms. The van der Waals surface area contributed by atoms with Crippen LogP contribution in [0.5, 0.6) is 5.75 Å². The smallest absolute Gasteiger partial charge is 0.338 e. The Morgan fingerprint density at radius 2 is 2.05 bits per heavy atom. The highest BCUT2D eigenvalue weighted by atomic mass is 32.2. The van der Waals surface area contributed by atoms with Crippen LogP contribution in [0.3, 0.4) is 0 Å². The zero-order valence-electron chi connectivity index (χ0n) is 10.9. The van der Waals surface area contributed by atoms with Crippen LogP contribution in [0.25, 0.3) is 0 Å². The van der Waals surface area contributed by atoms with Gasteiger partial charge >= 0.3 is 5.97 Å². The highest BCUT2D eigenvalue weighted by Crippen LogP contribution is 2.22. The number of nitrogens with two attached hydrogens (primary N) is 1. The van der Waals surface area contributed by atoms with Gasteiger partial charge < -0.3 is 15.2 Å². The molecule has 106 valence electrons. The lowest BCUT2D eigenvalue weighted by atomic mass is 10.2. The maximum atomic E-state index is 11.6. The van der Waals surface area contributed by atoms with E-state index < -0.39 is 15.8 Å². The van der Waals surface area contributed by atoms with Gasteiger partial charge in [0.1, 0.15) is 12.4 Å². The third kappa shape index (κ3) is 5.17. The highest BCUT2D eigenvalue weighted by Gasteiger charge is 2.11. The second-order valence-corrected chi connectivity index (χ2v) is 6.21. The molecule has 0 aliphatic heterocycles. The molecule has 1 aromatic carbocycles. The van der Waals surface area contributed by atoms with Crippen molar-refractivity contribution in [3.8, 4) is 5.75 Å². The Morgan fingerprint density at radius 3 is 2.58 bits per heavy atom. The van der Waals surface area contributed by atoms with Gasteiger partial charge in [0.15, 0.2) is 9.84 Å². The Labute approximate surface area is 112 Å². The summed E-state index contributed by atoms with van der Waals surface area (Å²) in [7, 11) is -3.15. The summed E-state index contributed by atoms with van der Waals surface area (Å²) in [4.78, 5) is 11.6. The van der Waals surface area contributed by atoms with Crippen molar-refractivity contribution in [2.24, 2.45) is 0 Å². The molecule has 0 spiro atoms. The predicted molar refractivity (Wildman–Crippen MR) is 72.0 cm³/mol. The third-order valence-electron chi connectivity index (χ3n) is 2.23. The summed E-state index contributed by atoms with van der Waals surface area (Å²) >= 11 is 0. The Bertz CT molecular complexity index is 553. The minimum atomic E-state index is -3.15. The van der Waals surface area contributed by atoms with Crippen LogP contribution >= 0.6 is 0 Å². The molecule has 0 atom stereocenters. The van der Waals surface area contributed by atoms with E-state index in [1.807, 2.05) is 6.92 Å². The molecular formula is C12H17NO5S. The number of anilines is 1. The van der Waals surface area contributed by atoms with Gasteiger partial charge in [0.2, 0.25) is 0 Å². The van der Waals surface area contributed by atoms with Gasteiger partial charge in [0, 0.05) is 6.26 Å². The zero-order chi connectivity index (χ0) is 14.5. The normalized spacial score (nSPS) is 11.1. The molecule has 2 N–H and O–H groups in total. The van der Waals surface area contributed by atoms with Crippen LogP contribution in [0.1, 0.15) is 17.3 Å². The topological polar surface area (TPSA) is 95.7 Å². The molecule has 0 heterocycles. The molecule has 0 radical (unpaired) electrons. The number of carbonyl (C=O) groups is 1. The van der Waals surface area contributed by atoms with Crippen LogP contribution in [-0.4, -0.2) is 39.6 Å². The molecular weight excluding hydrogens is 270 g/mol. The number of hydrogen-bond donors (Lipinski definition) is 1. The molecule has 0 aromatic heterocycles. The van der Waals surface area contributed by atoms with E-state index in [4.69, 9.17) is 15.2 Å². The summed E-state index contributed by atoms with van der Waals surface area (Å²) in [6.45, 7) is 2.12. The van der Waals surface area contributed by atoms with E-state index in [2.05, 4.69) is 0 Å². The van der Waals surface area contributed by atoms with E-state index in [1.165, 1.54) is 12.1 Å². The van der Waals surface area contributed by atoms with Crippen LogP contribution in [-0.2, 0) is 14.6 Å². The Balaban J connectivity index is 2.65. The molecule has 0 amide bonds. The standard InChI is InChI=1S/C12H17NO5S/c1-3-17-11-5-4-9(8-10(11)13)12(14)18-6-7-19(2,15)16/h4-5,8H,3,6-7,13H2,1-2H3. The molecule has 0 bridgehead atoms. The van der Waals surface area contributed by atoms with Crippen molar-refractivity contribution in [2.75, 3.05) is 31.0 Å². The van der Waals surface area contributed by atoms with Gasteiger partial charge in [-0.1, -0.05) is 0 Å². The lowest BCUT2D eigenvalue weighted by Crippen LogP contribution is -2.14. The minimum absolute atomic E-state index is 0.176. The molecule has 19 heavy (non-hydrogen) atoms. The van der Waals surface area contributed by atoms with E-state index in [-0.39, 0.29) is 17.9 Å². The van der Waals surface area contributed by atoms with Gasteiger partial charge in [0.25, 0.3) is 0 Å². The van der Waals surface area contributed by atoms with Crippen molar-refractivity contribution < 1.29 is 22.7 Å². The van der Waals surface area contributed by atoms with Crippen molar-refractivity contribution in [3.05, 3.63) is 23.8 Å². The third-order valence-corrected chi connectivity index (χ3v) is 3.14. The van der Waals surface area contributed by atoms with Crippen molar-refractivity contribution in [1.29, 1.82) is 0 Å². The summed E-state index contributed by atoms with van der Waals surface area (Å²) in [5.74, 6) is -0.320. The number of sulfone groups is 1. The van der Waals surface area contributed by atoms with Gasteiger partial charge in [0.05, 0.1) is 23.6 Å². The lowest BCUT2D eigenvalue weighted by Gasteiger charge is -2.08. The number of nitrogen functional groups attached to an aromatic ring is 1. The average Bonchev–Trinajstić information content (AvgIpc) is 2.30. The first kappa shape index (κ1) is 15.3. The fourth-order valence-electron chi connectivity index (χ4n) is 1.33. The summed E-state index contributed by atoms with van der Waals surface area (Å²) in [6, 6.07) is 4.53. The fourth-order valence-corrected chi connectivity index (χ4v) is 1.72. The van der Waals surface area contributed by atoms with Crippen molar-refractivity contribution in [1.82, 2.24) is 0 Å². The Morgan fingerprint density at radius 1 is 1.37 bits per heavy atom. The summed E-state index contributed by atoms with van der Waals surface area (Å²) in [5.41, 5.74) is 6.31. The first-order valence-electron chi connectivity index (χ1n) is 5.70. The second kappa shape index (κ2) is 6.42. The quantitative estimate of drug-likeness (QED) is 0.616. The van der Waals surface area contributed by atoms with Crippen molar-refractivity contribution in [2.45, 2.75) is 6.92 Å². The zero-order valence-corrected chi connectivity index (χ0v) is 11.7. The monoisotopic (exact) mass is 287 g/mol. The molecule has 6 nitrogen and oxygen atoms in total. The summed E-state index contributed by atoms with van der Waals surface area (Å²) < 4.78 is 31.9. The van der Waals surface area contributed by atoms with Gasteiger partial charge in [-0.05, 0) is 25.1 Å². The largest absolute Gasteiger partial charge is 0.492 e. The summed E-state index contributed by atoms with van der Waals surface area (Å²) in [5, 5.41) is 0. The Kier molecular flexibility index (Phi) is 5.17. The van der Waals surface area contributed by atoms with Crippen LogP contribution in [0, 0.1) is 0 Å². The number of carbonyl (C=O) groups excluding carboxylic acids is 1. The van der Waals surface area contributed by atoms with Crippen molar-refractivity contribution >= 4 is 21.5 Å². The van der Waals surface area contributed by atoms with Crippen LogP contribution in [0.2, 0.25) is 0 Å². The van der Waals surface area contributed by atoms with Gasteiger partial charge in [-0.2, -0.15) is 0 Å². The number of hydrogen-bond acceptors (Lipinski definition) is 6. The molecule has 0 aliphatic carbocycles. The molecule has 0 fully saturated rings.